The molecule has 2 unspecified atom stereocenters. The Bertz CT molecular complexity index is 730. The average molecular weight is 412 g/mol. The van der Waals surface area contributed by atoms with E-state index in [0.717, 1.165) is 57.5 Å². The number of hydrogen-bond acceptors (Lipinski definition) is 4. The molecule has 1 amide bonds. The molecule has 1 aromatic carbocycles. The van der Waals surface area contributed by atoms with Gasteiger partial charge in [-0.15, -0.1) is 0 Å². The van der Waals surface area contributed by atoms with Crippen molar-refractivity contribution in [1.82, 2.24) is 10.6 Å². The molecule has 8 heteroatoms. The molecule has 0 spiro atoms. The third-order valence-corrected chi connectivity index (χ3v) is 5.98. The van der Waals surface area contributed by atoms with E-state index in [2.05, 4.69) is 10.6 Å². The standard InChI is InChI=1S/C21H27F3N2O3/c22-21(23,24)14-3-4-16(17(11-14)13-1-2-13)20(27)26-19-12-29-10-7-18(19)25-15-5-8-28-9-6-15/h3-4,11,13,15,18-19,25H,1-2,5-10,12H2,(H,26,27). The molecule has 1 aliphatic carbocycles. The lowest BCUT2D eigenvalue weighted by atomic mass is 9.97. The first-order valence-corrected chi connectivity index (χ1v) is 10.4. The minimum Gasteiger partial charge on any atom is -0.381 e. The van der Waals surface area contributed by atoms with Crippen molar-refractivity contribution in [3.63, 3.8) is 0 Å². The summed E-state index contributed by atoms with van der Waals surface area (Å²) in [5.41, 5.74) is 0.148. The van der Waals surface area contributed by atoms with E-state index in [1.165, 1.54) is 6.07 Å². The van der Waals surface area contributed by atoms with Crippen LogP contribution in [0.25, 0.3) is 0 Å². The van der Waals surface area contributed by atoms with E-state index in [-0.39, 0.29) is 23.9 Å². The maximum atomic E-state index is 13.1. The van der Waals surface area contributed by atoms with Crippen LogP contribution in [0.5, 0.6) is 0 Å². The fraction of sp³-hybridized carbons (Fsp3) is 0.667. The topological polar surface area (TPSA) is 59.6 Å². The van der Waals surface area contributed by atoms with Gasteiger partial charge >= 0.3 is 6.18 Å². The van der Waals surface area contributed by atoms with E-state index in [1.807, 2.05) is 0 Å². The lowest BCUT2D eigenvalue weighted by Crippen LogP contribution is -2.58. The van der Waals surface area contributed by atoms with Gasteiger partial charge in [-0.2, -0.15) is 13.2 Å². The van der Waals surface area contributed by atoms with Gasteiger partial charge in [0.1, 0.15) is 0 Å². The Morgan fingerprint density at radius 2 is 1.69 bits per heavy atom. The number of benzene rings is 1. The Kier molecular flexibility index (Phi) is 6.13. The number of nitrogens with one attached hydrogen (secondary N) is 2. The van der Waals surface area contributed by atoms with Crippen LogP contribution in [0.1, 0.15) is 59.5 Å². The Morgan fingerprint density at radius 1 is 0.966 bits per heavy atom. The largest absolute Gasteiger partial charge is 0.416 e. The first-order chi connectivity index (χ1) is 13.9. The molecule has 2 heterocycles. The number of halogens is 3. The van der Waals surface area contributed by atoms with Gasteiger partial charge in [0.2, 0.25) is 0 Å². The smallest absolute Gasteiger partial charge is 0.381 e. The van der Waals surface area contributed by atoms with Crippen molar-refractivity contribution < 1.29 is 27.4 Å². The Labute approximate surface area is 168 Å². The average Bonchev–Trinajstić information content (AvgIpc) is 3.54. The van der Waals surface area contributed by atoms with Crippen molar-refractivity contribution in [1.29, 1.82) is 0 Å². The van der Waals surface area contributed by atoms with Gasteiger partial charge in [0, 0.05) is 37.5 Å². The molecule has 1 saturated carbocycles. The van der Waals surface area contributed by atoms with Crippen LogP contribution in [0, 0.1) is 0 Å². The third kappa shape index (κ3) is 5.10. The second-order valence-electron chi connectivity index (χ2n) is 8.18. The number of carbonyl (C=O) groups excluding carboxylic acids is 1. The summed E-state index contributed by atoms with van der Waals surface area (Å²) in [6.45, 7) is 2.48. The highest BCUT2D eigenvalue weighted by molar-refractivity contribution is 5.96. The SMILES string of the molecule is O=C(NC1COCCC1NC1CCOCC1)c1ccc(C(F)(F)F)cc1C1CC1. The van der Waals surface area contributed by atoms with E-state index in [4.69, 9.17) is 9.47 Å². The molecule has 2 aliphatic heterocycles. The lowest BCUT2D eigenvalue weighted by molar-refractivity contribution is -0.137. The van der Waals surface area contributed by atoms with Crippen molar-refractivity contribution in [3.8, 4) is 0 Å². The summed E-state index contributed by atoms with van der Waals surface area (Å²) in [7, 11) is 0. The molecule has 2 saturated heterocycles. The molecular weight excluding hydrogens is 385 g/mol. The zero-order valence-electron chi connectivity index (χ0n) is 16.3. The van der Waals surface area contributed by atoms with Crippen LogP contribution in [0.4, 0.5) is 13.2 Å². The molecular formula is C21H27F3N2O3. The van der Waals surface area contributed by atoms with Gasteiger partial charge in [0.15, 0.2) is 0 Å². The lowest BCUT2D eigenvalue weighted by Gasteiger charge is -2.36. The first-order valence-electron chi connectivity index (χ1n) is 10.4. The van der Waals surface area contributed by atoms with Crippen LogP contribution in [0.2, 0.25) is 0 Å². The fourth-order valence-electron chi connectivity index (χ4n) is 4.17. The molecule has 160 valence electrons. The summed E-state index contributed by atoms with van der Waals surface area (Å²) in [4.78, 5) is 13.0. The van der Waals surface area contributed by atoms with Crippen LogP contribution in [0.3, 0.4) is 0 Å². The fourth-order valence-corrected chi connectivity index (χ4v) is 4.17. The maximum Gasteiger partial charge on any atom is 0.416 e. The Balaban J connectivity index is 1.47. The van der Waals surface area contributed by atoms with E-state index in [1.54, 1.807) is 0 Å². The van der Waals surface area contributed by atoms with Crippen LogP contribution in [-0.4, -0.2) is 50.5 Å². The number of amides is 1. The quantitative estimate of drug-likeness (QED) is 0.780. The highest BCUT2D eigenvalue weighted by Crippen LogP contribution is 2.43. The normalized spacial score (nSPS) is 26.3. The number of hydrogen-bond donors (Lipinski definition) is 2. The second-order valence-corrected chi connectivity index (χ2v) is 8.18. The van der Waals surface area contributed by atoms with Crippen molar-refractivity contribution in [2.24, 2.45) is 0 Å². The number of carbonyl (C=O) groups is 1. The van der Waals surface area contributed by atoms with Gasteiger partial charge in [0.05, 0.1) is 18.2 Å². The molecule has 29 heavy (non-hydrogen) atoms. The minimum absolute atomic E-state index is 0.0387. The minimum atomic E-state index is -4.41. The highest BCUT2D eigenvalue weighted by Gasteiger charge is 2.36. The molecule has 3 aliphatic rings. The van der Waals surface area contributed by atoms with Crippen molar-refractivity contribution in [2.75, 3.05) is 26.4 Å². The summed E-state index contributed by atoms with van der Waals surface area (Å²) in [6, 6.07) is 3.66. The zero-order valence-corrected chi connectivity index (χ0v) is 16.3. The predicted octanol–water partition coefficient (Wildman–Crippen LogP) is 3.24. The summed E-state index contributed by atoms with van der Waals surface area (Å²) in [6.07, 6.45) is -0.116. The number of rotatable bonds is 5. The van der Waals surface area contributed by atoms with Crippen LogP contribution in [-0.2, 0) is 15.7 Å². The van der Waals surface area contributed by atoms with E-state index >= 15 is 0 Å². The second kappa shape index (κ2) is 8.62. The molecule has 0 radical (unpaired) electrons. The van der Waals surface area contributed by atoms with Gasteiger partial charge in [-0.05, 0) is 61.8 Å². The van der Waals surface area contributed by atoms with Crippen molar-refractivity contribution >= 4 is 5.91 Å². The molecule has 0 aromatic heterocycles. The summed E-state index contributed by atoms with van der Waals surface area (Å²) < 4.78 is 50.3. The van der Waals surface area contributed by atoms with Gasteiger partial charge < -0.3 is 20.1 Å². The Morgan fingerprint density at radius 3 is 2.38 bits per heavy atom. The van der Waals surface area contributed by atoms with Gasteiger partial charge in [-0.1, -0.05) is 0 Å². The molecule has 2 N–H and O–H groups in total. The van der Waals surface area contributed by atoms with Gasteiger partial charge in [-0.3, -0.25) is 4.79 Å². The Hall–Kier alpha value is -1.64. The molecule has 1 aromatic rings. The van der Waals surface area contributed by atoms with E-state index in [9.17, 15) is 18.0 Å². The van der Waals surface area contributed by atoms with Crippen LogP contribution < -0.4 is 10.6 Å². The molecule has 3 fully saturated rings. The highest BCUT2D eigenvalue weighted by atomic mass is 19.4. The summed E-state index contributed by atoms with van der Waals surface area (Å²) >= 11 is 0. The third-order valence-electron chi connectivity index (χ3n) is 5.98. The molecule has 2 atom stereocenters. The zero-order chi connectivity index (χ0) is 20.4. The van der Waals surface area contributed by atoms with Gasteiger partial charge in [-0.25, -0.2) is 0 Å². The van der Waals surface area contributed by atoms with Crippen molar-refractivity contribution in [3.05, 3.63) is 34.9 Å². The van der Waals surface area contributed by atoms with E-state index < -0.39 is 11.7 Å². The number of alkyl halides is 3. The maximum absolute atomic E-state index is 13.1. The van der Waals surface area contributed by atoms with Gasteiger partial charge in [0.25, 0.3) is 5.91 Å². The van der Waals surface area contributed by atoms with Crippen LogP contribution >= 0.6 is 0 Å². The summed E-state index contributed by atoms with van der Waals surface area (Å²) in [5.74, 6) is -0.285. The molecule has 5 nitrogen and oxygen atoms in total. The molecule has 0 bridgehead atoms. The predicted molar refractivity (Wildman–Crippen MR) is 101 cm³/mol. The van der Waals surface area contributed by atoms with Crippen molar-refractivity contribution in [2.45, 2.75) is 62.3 Å². The number of ether oxygens (including phenoxy) is 2. The first kappa shape index (κ1) is 20.6. The summed E-state index contributed by atoms with van der Waals surface area (Å²) in [5, 5.41) is 6.64. The van der Waals surface area contributed by atoms with E-state index in [0.29, 0.717) is 30.4 Å². The molecule has 4 rings (SSSR count). The van der Waals surface area contributed by atoms with Crippen LogP contribution in [0.15, 0.2) is 18.2 Å². The monoisotopic (exact) mass is 412 g/mol.